The van der Waals surface area contributed by atoms with E-state index in [9.17, 15) is 14.6 Å². The van der Waals surface area contributed by atoms with Gasteiger partial charge in [0, 0.05) is 16.5 Å². The van der Waals surface area contributed by atoms with Crippen LogP contribution in [0.3, 0.4) is 0 Å². The average molecular weight is 419 g/mol. The summed E-state index contributed by atoms with van der Waals surface area (Å²) in [5.41, 5.74) is -0.465. The first-order chi connectivity index (χ1) is 13.2. The largest absolute Gasteiger partial charge is 0.524 e. The first kappa shape index (κ1) is 18.2. The average Bonchev–Trinajstić information content (AvgIpc) is 3.01. The SMILES string of the molecule is N#Cc1c(-c2nc3cc(Cl)ccc3o2)c(=O)oc2cc(OP(=O)(O)O)ccc12. The molecule has 0 radical (unpaired) electrons. The minimum absolute atomic E-state index is 0.0633. The van der Waals surface area contributed by atoms with E-state index in [1.54, 1.807) is 18.2 Å². The Labute approximate surface area is 160 Å². The van der Waals surface area contributed by atoms with Crippen molar-refractivity contribution >= 4 is 41.5 Å². The smallest absolute Gasteiger partial charge is 0.436 e. The number of oxazole rings is 1. The van der Waals surface area contributed by atoms with Crippen LogP contribution >= 0.6 is 19.4 Å². The fourth-order valence-electron chi connectivity index (χ4n) is 2.69. The lowest BCUT2D eigenvalue weighted by molar-refractivity contribution is 0.283. The molecule has 0 spiro atoms. The van der Waals surface area contributed by atoms with Crippen molar-refractivity contribution < 1.29 is 27.7 Å². The molecule has 0 saturated carbocycles. The number of phosphoric ester groups is 1. The molecule has 0 amide bonds. The Bertz CT molecular complexity index is 1400. The van der Waals surface area contributed by atoms with Crippen molar-refractivity contribution in [1.29, 1.82) is 5.26 Å². The molecule has 0 aliphatic heterocycles. The van der Waals surface area contributed by atoms with E-state index in [4.69, 9.17) is 30.2 Å². The van der Waals surface area contributed by atoms with Gasteiger partial charge in [0.25, 0.3) is 0 Å². The molecule has 0 aliphatic rings. The number of nitrogens with zero attached hydrogens (tertiary/aromatic N) is 2. The van der Waals surface area contributed by atoms with Crippen LogP contribution in [0, 0.1) is 11.3 Å². The van der Waals surface area contributed by atoms with Gasteiger partial charge in [-0.1, -0.05) is 11.6 Å². The third-order valence-corrected chi connectivity index (χ3v) is 4.46. The summed E-state index contributed by atoms with van der Waals surface area (Å²) >= 11 is 5.92. The van der Waals surface area contributed by atoms with Gasteiger partial charge in [0.05, 0.1) is 5.56 Å². The molecule has 4 aromatic rings. The van der Waals surface area contributed by atoms with Crippen molar-refractivity contribution in [2.75, 3.05) is 0 Å². The second-order valence-electron chi connectivity index (χ2n) is 5.62. The zero-order chi connectivity index (χ0) is 20.1. The lowest BCUT2D eigenvalue weighted by atomic mass is 10.1. The van der Waals surface area contributed by atoms with Crippen molar-refractivity contribution in [2.45, 2.75) is 0 Å². The summed E-state index contributed by atoms with van der Waals surface area (Å²) in [6.07, 6.45) is 0. The lowest BCUT2D eigenvalue weighted by Crippen LogP contribution is -2.06. The molecule has 2 aromatic heterocycles. The second kappa shape index (κ2) is 6.48. The molecular formula is C17H8ClN2O7P. The Morgan fingerprint density at radius 3 is 2.64 bits per heavy atom. The molecule has 9 nitrogen and oxygen atoms in total. The first-order valence-electron chi connectivity index (χ1n) is 7.58. The van der Waals surface area contributed by atoms with Crippen LogP contribution in [0.1, 0.15) is 5.56 Å². The molecule has 0 fully saturated rings. The maximum absolute atomic E-state index is 12.5. The number of fused-ring (bicyclic) bond motifs is 2. The quantitative estimate of drug-likeness (QED) is 0.376. The molecule has 2 heterocycles. The molecule has 0 saturated heterocycles. The molecule has 2 N–H and O–H groups in total. The molecule has 4 rings (SSSR count). The van der Waals surface area contributed by atoms with Crippen molar-refractivity contribution in [3.8, 4) is 23.3 Å². The molecule has 11 heteroatoms. The van der Waals surface area contributed by atoms with Gasteiger partial charge in [-0.3, -0.25) is 9.79 Å². The predicted molar refractivity (Wildman–Crippen MR) is 97.9 cm³/mol. The summed E-state index contributed by atoms with van der Waals surface area (Å²) in [4.78, 5) is 34.5. The molecule has 140 valence electrons. The van der Waals surface area contributed by atoms with E-state index >= 15 is 0 Å². The van der Waals surface area contributed by atoms with Gasteiger partial charge in [-0.15, -0.1) is 0 Å². The number of phosphoric acid groups is 1. The van der Waals surface area contributed by atoms with Gasteiger partial charge in [-0.25, -0.2) is 14.3 Å². The topological polar surface area (TPSA) is 147 Å². The molecule has 0 bridgehead atoms. The van der Waals surface area contributed by atoms with E-state index in [0.717, 1.165) is 6.07 Å². The minimum atomic E-state index is -4.80. The highest BCUT2D eigenvalue weighted by Gasteiger charge is 2.23. The summed E-state index contributed by atoms with van der Waals surface area (Å²) in [7, 11) is -4.80. The molecule has 0 aliphatic carbocycles. The van der Waals surface area contributed by atoms with Gasteiger partial charge < -0.3 is 13.4 Å². The molecule has 0 atom stereocenters. The summed E-state index contributed by atoms with van der Waals surface area (Å²) in [5, 5.41) is 10.2. The maximum Gasteiger partial charge on any atom is 0.524 e. The maximum atomic E-state index is 12.5. The van der Waals surface area contributed by atoms with E-state index in [1.807, 2.05) is 6.07 Å². The van der Waals surface area contributed by atoms with Crippen LogP contribution < -0.4 is 10.1 Å². The van der Waals surface area contributed by atoms with Gasteiger partial charge in [0.15, 0.2) is 5.58 Å². The van der Waals surface area contributed by atoms with Crippen molar-refractivity contribution in [2.24, 2.45) is 0 Å². The highest BCUT2D eigenvalue weighted by Crippen LogP contribution is 2.39. The Morgan fingerprint density at radius 1 is 1.14 bits per heavy atom. The summed E-state index contributed by atoms with van der Waals surface area (Å²) in [5.74, 6) is -0.336. The zero-order valence-corrected chi connectivity index (χ0v) is 15.3. The fraction of sp³-hybridized carbons (Fsp3) is 0. The highest BCUT2D eigenvalue weighted by molar-refractivity contribution is 7.46. The zero-order valence-electron chi connectivity index (χ0n) is 13.6. The second-order valence-corrected chi connectivity index (χ2v) is 7.22. The Morgan fingerprint density at radius 2 is 1.93 bits per heavy atom. The normalized spacial score (nSPS) is 11.6. The fourth-order valence-corrected chi connectivity index (χ4v) is 3.25. The number of nitriles is 1. The predicted octanol–water partition coefficient (Wildman–Crippen LogP) is 3.60. The van der Waals surface area contributed by atoms with E-state index in [1.165, 1.54) is 12.1 Å². The lowest BCUT2D eigenvalue weighted by Gasteiger charge is -2.08. The van der Waals surface area contributed by atoms with Crippen LogP contribution in [0.4, 0.5) is 0 Å². The monoisotopic (exact) mass is 418 g/mol. The summed E-state index contributed by atoms with van der Waals surface area (Å²) < 4.78 is 26.2. The number of hydrogen-bond donors (Lipinski definition) is 2. The van der Waals surface area contributed by atoms with Crippen LogP contribution in [-0.4, -0.2) is 14.8 Å². The van der Waals surface area contributed by atoms with Gasteiger partial charge in [-0.05, 0) is 30.3 Å². The van der Waals surface area contributed by atoms with E-state index < -0.39 is 13.4 Å². The van der Waals surface area contributed by atoms with Crippen LogP contribution in [0.25, 0.3) is 33.5 Å². The molecule has 2 aromatic carbocycles. The van der Waals surface area contributed by atoms with Crippen molar-refractivity contribution in [3.05, 3.63) is 57.4 Å². The van der Waals surface area contributed by atoms with E-state index in [-0.39, 0.29) is 33.7 Å². The highest BCUT2D eigenvalue weighted by atomic mass is 35.5. The summed E-state index contributed by atoms with van der Waals surface area (Å²) in [6, 6.07) is 10.3. The van der Waals surface area contributed by atoms with Crippen LogP contribution in [-0.2, 0) is 4.57 Å². The van der Waals surface area contributed by atoms with Gasteiger partial charge >= 0.3 is 13.4 Å². The molecule has 28 heavy (non-hydrogen) atoms. The number of halogens is 1. The number of rotatable bonds is 3. The number of aromatic nitrogens is 1. The van der Waals surface area contributed by atoms with Crippen LogP contribution in [0.5, 0.6) is 5.75 Å². The third-order valence-electron chi connectivity index (χ3n) is 3.78. The Balaban J connectivity index is 1.95. The molecule has 0 unspecified atom stereocenters. The van der Waals surface area contributed by atoms with Crippen LogP contribution in [0.15, 0.2) is 50.0 Å². The minimum Gasteiger partial charge on any atom is -0.436 e. The molecular weight excluding hydrogens is 411 g/mol. The van der Waals surface area contributed by atoms with Crippen molar-refractivity contribution in [3.63, 3.8) is 0 Å². The number of benzene rings is 2. The Hall–Kier alpha value is -3.15. The van der Waals surface area contributed by atoms with E-state index in [2.05, 4.69) is 9.51 Å². The first-order valence-corrected chi connectivity index (χ1v) is 9.48. The standard InChI is InChI=1S/C17H8ClN2O7P/c18-8-1-4-13-12(5-8)20-16(25-13)15-11(7-19)10-3-2-9(27-28(22,23)24)6-14(10)26-17(15)21/h1-6H,(H2,22,23,24). The number of hydrogen-bond acceptors (Lipinski definition) is 7. The van der Waals surface area contributed by atoms with Gasteiger partial charge in [-0.2, -0.15) is 5.26 Å². The van der Waals surface area contributed by atoms with Gasteiger partial charge in [0.2, 0.25) is 5.89 Å². The van der Waals surface area contributed by atoms with Crippen molar-refractivity contribution in [1.82, 2.24) is 4.98 Å². The third kappa shape index (κ3) is 3.26. The van der Waals surface area contributed by atoms with Gasteiger partial charge in [0.1, 0.15) is 28.5 Å². The van der Waals surface area contributed by atoms with Crippen LogP contribution in [0.2, 0.25) is 5.02 Å². The van der Waals surface area contributed by atoms with E-state index in [0.29, 0.717) is 16.1 Å². The summed E-state index contributed by atoms with van der Waals surface area (Å²) in [6.45, 7) is 0. The Kier molecular flexibility index (Phi) is 4.22.